The molecule has 0 radical (unpaired) electrons. The van der Waals surface area contributed by atoms with Gasteiger partial charge in [0.05, 0.1) is 43.0 Å². The van der Waals surface area contributed by atoms with Crippen LogP contribution < -0.4 is 0 Å². The molecule has 4 rings (SSSR count). The van der Waals surface area contributed by atoms with Crippen molar-refractivity contribution in [3.63, 3.8) is 0 Å². The molecular weight excluding hydrogens is 700 g/mol. The zero-order valence-electron chi connectivity index (χ0n) is 36.4. The first-order valence-corrected chi connectivity index (χ1v) is 19.4. The van der Waals surface area contributed by atoms with Gasteiger partial charge in [0.2, 0.25) is 0 Å². The van der Waals surface area contributed by atoms with Crippen LogP contribution in [0.15, 0.2) is 24.3 Å². The van der Waals surface area contributed by atoms with Crippen LogP contribution in [0.5, 0.6) is 11.5 Å². The van der Waals surface area contributed by atoms with Crippen LogP contribution in [0.3, 0.4) is 0 Å². The van der Waals surface area contributed by atoms with Gasteiger partial charge in [0, 0.05) is 33.1 Å². The molecule has 10 nitrogen and oxygen atoms in total. The van der Waals surface area contributed by atoms with E-state index in [1.165, 1.54) is 0 Å². The van der Waals surface area contributed by atoms with Crippen LogP contribution in [0.4, 0.5) is 0 Å². The largest absolute Gasteiger partial charge is 0.507 e. The summed E-state index contributed by atoms with van der Waals surface area (Å²) >= 11 is 0. The summed E-state index contributed by atoms with van der Waals surface area (Å²) < 4.78 is 36.7. The summed E-state index contributed by atoms with van der Waals surface area (Å²) in [6.45, 7) is 33.2. The summed E-state index contributed by atoms with van der Waals surface area (Å²) in [5.41, 5.74) is 0.173. The Morgan fingerprint density at radius 3 is 0.982 bits per heavy atom. The lowest BCUT2D eigenvalue weighted by Gasteiger charge is -2.48. The van der Waals surface area contributed by atoms with Crippen molar-refractivity contribution in [3.8, 4) is 11.5 Å². The summed E-state index contributed by atoms with van der Waals surface area (Å²) in [4.78, 5) is 26.8. The van der Waals surface area contributed by atoms with E-state index in [0.717, 1.165) is 0 Å². The van der Waals surface area contributed by atoms with Gasteiger partial charge in [-0.15, -0.1) is 0 Å². The first kappa shape index (κ1) is 44.5. The minimum absolute atomic E-state index is 0.0568. The van der Waals surface area contributed by atoms with E-state index in [2.05, 4.69) is 0 Å². The van der Waals surface area contributed by atoms with Gasteiger partial charge in [-0.25, -0.2) is 9.59 Å². The third-order valence-electron chi connectivity index (χ3n) is 10.5. The molecule has 0 bridgehead atoms. The molecule has 0 amide bonds. The topological polar surface area (TPSA) is 130 Å². The van der Waals surface area contributed by atoms with Gasteiger partial charge in [-0.1, -0.05) is 111 Å². The second-order valence-electron chi connectivity index (χ2n) is 21.4. The Balaban J connectivity index is 1.33. The molecule has 0 saturated carbocycles. The lowest BCUT2D eigenvalue weighted by atomic mass is 9.78. The highest BCUT2D eigenvalue weighted by Gasteiger charge is 2.48. The zero-order valence-corrected chi connectivity index (χ0v) is 36.4. The zero-order chi connectivity index (χ0) is 41.7. The van der Waals surface area contributed by atoms with Gasteiger partial charge in [0.1, 0.15) is 24.7 Å². The number of benzene rings is 2. The molecule has 10 heteroatoms. The normalized spacial score (nSPS) is 21.7. The van der Waals surface area contributed by atoms with Gasteiger partial charge >= 0.3 is 11.9 Å². The molecular formula is C45H68O10. The van der Waals surface area contributed by atoms with Gasteiger partial charge in [-0.3, -0.25) is 0 Å². The first-order chi connectivity index (χ1) is 24.9. The molecule has 2 N–H and O–H groups in total. The number of carbonyl (C=O) groups is 2. The summed E-state index contributed by atoms with van der Waals surface area (Å²) in [6, 6.07) is 6.89. The SMILES string of the molecule is CC(C)(C)c1cc(C(=O)OCC(C)(C)C2OCC3(CO2)COC(C(C)(C)COC(=O)c2cc(C(C)(C)C)c(O)c(C(C)(C)C)c2)OC3)cc(C(C)(C)C)c1O. The van der Waals surface area contributed by atoms with Crippen LogP contribution in [0.25, 0.3) is 0 Å². The van der Waals surface area contributed by atoms with Crippen molar-refractivity contribution < 1.29 is 48.2 Å². The highest BCUT2D eigenvalue weighted by molar-refractivity contribution is 5.91. The Labute approximate surface area is 329 Å². The standard InChI is InChI=1S/C45H68O10/c1-39(2,3)29-17-27(18-30(33(29)46)40(4,5)6)35(48)50-21-43(13,14)37-52-23-45(24-53-37)25-54-38(55-26-45)44(15,16)22-51-36(49)28-19-31(41(7,8)9)34(47)32(20-28)42(10,11)12/h17-20,37-38,46-47H,21-26H2,1-16H3. The number of carbonyl (C=O) groups excluding carboxylic acids is 2. The average molecular weight is 769 g/mol. The van der Waals surface area contributed by atoms with Crippen molar-refractivity contribution in [1.29, 1.82) is 0 Å². The van der Waals surface area contributed by atoms with Crippen LogP contribution in [0, 0.1) is 16.2 Å². The first-order valence-electron chi connectivity index (χ1n) is 19.4. The lowest BCUT2D eigenvalue weighted by Crippen LogP contribution is -2.57. The number of rotatable bonds is 8. The van der Waals surface area contributed by atoms with Crippen LogP contribution in [-0.4, -0.2) is 74.4 Å². The molecule has 0 atom stereocenters. The van der Waals surface area contributed by atoms with Gasteiger partial charge in [0.15, 0.2) is 12.6 Å². The number of phenols is 2. The van der Waals surface area contributed by atoms with Gasteiger partial charge in [-0.05, 0) is 45.9 Å². The fourth-order valence-corrected chi connectivity index (χ4v) is 6.86. The number of phenolic OH excluding ortho intramolecular Hbond substituents is 2. The molecule has 0 unspecified atom stereocenters. The van der Waals surface area contributed by atoms with Crippen molar-refractivity contribution in [3.05, 3.63) is 57.6 Å². The van der Waals surface area contributed by atoms with E-state index in [1.54, 1.807) is 24.3 Å². The molecule has 0 aromatic heterocycles. The van der Waals surface area contributed by atoms with Crippen LogP contribution in [0.1, 0.15) is 154 Å². The molecule has 2 aromatic carbocycles. The van der Waals surface area contributed by atoms with E-state index < -0.39 is 40.8 Å². The molecule has 2 aliphatic rings. The van der Waals surface area contributed by atoms with Crippen molar-refractivity contribution in [1.82, 2.24) is 0 Å². The van der Waals surface area contributed by atoms with Crippen molar-refractivity contribution >= 4 is 11.9 Å². The third kappa shape index (κ3) is 10.2. The summed E-state index contributed by atoms with van der Waals surface area (Å²) in [7, 11) is 0. The van der Waals surface area contributed by atoms with E-state index in [9.17, 15) is 19.8 Å². The van der Waals surface area contributed by atoms with E-state index in [-0.39, 0.29) is 46.4 Å². The summed E-state index contributed by atoms with van der Waals surface area (Å²) in [5, 5.41) is 22.1. The van der Waals surface area contributed by atoms with E-state index in [1.807, 2.05) is 111 Å². The highest BCUT2D eigenvalue weighted by Crippen LogP contribution is 2.43. The summed E-state index contributed by atoms with van der Waals surface area (Å²) in [5.74, 6) is -0.535. The highest BCUT2D eigenvalue weighted by atomic mass is 16.7. The average Bonchev–Trinajstić information content (AvgIpc) is 3.04. The minimum Gasteiger partial charge on any atom is -0.507 e. The van der Waals surface area contributed by atoms with Crippen molar-refractivity contribution in [2.75, 3.05) is 39.6 Å². The molecule has 0 aliphatic carbocycles. The van der Waals surface area contributed by atoms with Gasteiger partial charge in [-0.2, -0.15) is 0 Å². The Kier molecular flexibility index (Phi) is 12.4. The quantitative estimate of drug-likeness (QED) is 0.251. The Bertz CT molecular complexity index is 1510. The van der Waals surface area contributed by atoms with Crippen LogP contribution in [0.2, 0.25) is 0 Å². The smallest absolute Gasteiger partial charge is 0.338 e. The van der Waals surface area contributed by atoms with Gasteiger partial charge in [0.25, 0.3) is 0 Å². The maximum Gasteiger partial charge on any atom is 0.338 e. The number of hydrogen-bond acceptors (Lipinski definition) is 10. The summed E-state index contributed by atoms with van der Waals surface area (Å²) in [6.07, 6.45) is -1.26. The molecule has 2 aromatic rings. The third-order valence-corrected chi connectivity index (χ3v) is 10.5. The Morgan fingerprint density at radius 1 is 0.527 bits per heavy atom. The monoisotopic (exact) mass is 768 g/mol. The number of aromatic hydroxyl groups is 2. The van der Waals surface area contributed by atoms with Crippen LogP contribution in [-0.2, 0) is 50.1 Å². The van der Waals surface area contributed by atoms with Crippen LogP contribution >= 0.6 is 0 Å². The predicted molar refractivity (Wildman–Crippen MR) is 213 cm³/mol. The number of ether oxygens (including phenoxy) is 6. The predicted octanol–water partition coefficient (Wildman–Crippen LogP) is 9.09. The second kappa shape index (κ2) is 15.3. The maximum absolute atomic E-state index is 13.4. The van der Waals surface area contributed by atoms with E-state index in [4.69, 9.17) is 28.4 Å². The van der Waals surface area contributed by atoms with Crippen molar-refractivity contribution in [2.45, 2.75) is 145 Å². The van der Waals surface area contributed by atoms with Gasteiger partial charge < -0.3 is 38.6 Å². The molecule has 55 heavy (non-hydrogen) atoms. The fraction of sp³-hybridized carbons (Fsp3) is 0.689. The molecule has 2 aliphatic heterocycles. The molecule has 2 heterocycles. The van der Waals surface area contributed by atoms with E-state index >= 15 is 0 Å². The number of hydrogen-bond donors (Lipinski definition) is 2. The number of esters is 2. The molecule has 2 fully saturated rings. The minimum atomic E-state index is -0.669. The second-order valence-corrected chi connectivity index (χ2v) is 21.4. The molecule has 308 valence electrons. The Hall–Kier alpha value is -3.18. The maximum atomic E-state index is 13.4. The molecule has 1 spiro atoms. The Morgan fingerprint density at radius 2 is 0.764 bits per heavy atom. The lowest BCUT2D eigenvalue weighted by molar-refractivity contribution is -0.336. The van der Waals surface area contributed by atoms with E-state index in [0.29, 0.717) is 59.8 Å². The van der Waals surface area contributed by atoms with Crippen molar-refractivity contribution in [2.24, 2.45) is 16.2 Å². The molecule has 2 saturated heterocycles. The fourth-order valence-electron chi connectivity index (χ4n) is 6.86.